The summed E-state index contributed by atoms with van der Waals surface area (Å²) < 4.78 is 26.4. The Kier molecular flexibility index (Phi) is 9.44. The van der Waals surface area contributed by atoms with Crippen LogP contribution in [0.3, 0.4) is 0 Å². The molecule has 3 fully saturated rings. The molecule has 3 aliphatic heterocycles. The summed E-state index contributed by atoms with van der Waals surface area (Å²) in [6, 6.07) is 14.3. The van der Waals surface area contributed by atoms with Gasteiger partial charge in [-0.2, -0.15) is 0 Å². The number of morpholine rings is 1. The second kappa shape index (κ2) is 13.0. The number of ether oxygens (including phenoxy) is 2. The van der Waals surface area contributed by atoms with Gasteiger partial charge in [-0.1, -0.05) is 45.0 Å². The van der Waals surface area contributed by atoms with E-state index in [0.29, 0.717) is 50.1 Å². The molecule has 0 atom stereocenters. The third kappa shape index (κ3) is 7.23. The van der Waals surface area contributed by atoms with Gasteiger partial charge in [-0.3, -0.25) is 9.69 Å². The molecule has 0 aromatic heterocycles. The highest BCUT2D eigenvalue weighted by Gasteiger charge is 2.32. The van der Waals surface area contributed by atoms with E-state index in [0.717, 1.165) is 58.5 Å². The van der Waals surface area contributed by atoms with Crippen molar-refractivity contribution in [2.75, 3.05) is 69.0 Å². The number of likely N-dealkylation sites (tertiary alicyclic amines) is 1. The predicted molar refractivity (Wildman–Crippen MR) is 158 cm³/mol. The number of hydrogen-bond donors (Lipinski definition) is 0. The van der Waals surface area contributed by atoms with E-state index in [1.54, 1.807) is 6.07 Å². The molecule has 1 amide bonds. The number of nitrogens with zero attached hydrogens (tertiary/aromatic N) is 3. The third-order valence-corrected chi connectivity index (χ3v) is 8.81. The topological polar surface area (TPSA) is 45.2 Å². The van der Waals surface area contributed by atoms with Crippen LogP contribution in [0.4, 0.5) is 15.8 Å². The van der Waals surface area contributed by atoms with E-state index in [9.17, 15) is 4.79 Å². The Labute approximate surface area is 239 Å². The first-order valence-electron chi connectivity index (χ1n) is 15.1. The molecule has 0 aliphatic carbocycles. The van der Waals surface area contributed by atoms with Crippen LogP contribution in [0.1, 0.15) is 57.6 Å². The molecule has 6 nitrogen and oxygen atoms in total. The van der Waals surface area contributed by atoms with Crippen molar-refractivity contribution in [1.82, 2.24) is 4.90 Å². The van der Waals surface area contributed by atoms with E-state index in [1.165, 1.54) is 11.1 Å². The monoisotopic (exact) mass is 551 g/mol. The van der Waals surface area contributed by atoms with Crippen molar-refractivity contribution in [1.29, 1.82) is 0 Å². The standard InChI is InChI=1S/C33H46FN3O3/c1-33(2,3)28-6-4-25(5-7-28)23-35-14-10-27(11-15-35)32(38)37(24-26-12-18-39-19-13-26)29-8-9-31(30(34)22-29)36-16-20-40-21-17-36/h4-9,22,26-27H,10-21,23-24H2,1-3H3. The van der Waals surface area contributed by atoms with Gasteiger partial charge in [0, 0.05) is 51.0 Å². The van der Waals surface area contributed by atoms with Gasteiger partial charge in [0.05, 0.1) is 18.9 Å². The molecule has 0 saturated carbocycles. The van der Waals surface area contributed by atoms with E-state index < -0.39 is 0 Å². The molecule has 7 heteroatoms. The number of benzene rings is 2. The van der Waals surface area contributed by atoms with Gasteiger partial charge in [0.1, 0.15) is 5.82 Å². The molecule has 218 valence electrons. The number of anilines is 2. The van der Waals surface area contributed by atoms with Crippen molar-refractivity contribution in [3.05, 3.63) is 59.4 Å². The molecule has 0 bridgehead atoms. The number of carbonyl (C=O) groups excluding carboxylic acids is 1. The van der Waals surface area contributed by atoms with Crippen LogP contribution < -0.4 is 9.80 Å². The molecule has 3 saturated heterocycles. The molecular weight excluding hydrogens is 505 g/mol. The molecule has 3 heterocycles. The van der Waals surface area contributed by atoms with E-state index in [-0.39, 0.29) is 23.1 Å². The number of halogens is 1. The predicted octanol–water partition coefficient (Wildman–Crippen LogP) is 5.63. The van der Waals surface area contributed by atoms with Crippen LogP contribution in [-0.2, 0) is 26.2 Å². The van der Waals surface area contributed by atoms with Crippen molar-refractivity contribution in [3.63, 3.8) is 0 Å². The second-order valence-corrected chi connectivity index (χ2v) is 12.7. The van der Waals surface area contributed by atoms with Crippen molar-refractivity contribution < 1.29 is 18.7 Å². The average Bonchev–Trinajstić information content (AvgIpc) is 2.97. The van der Waals surface area contributed by atoms with Gasteiger partial charge in [0.25, 0.3) is 0 Å². The summed E-state index contributed by atoms with van der Waals surface area (Å²) in [5, 5.41) is 0. The normalized spacial score (nSPS) is 20.1. The Morgan fingerprint density at radius 2 is 1.55 bits per heavy atom. The van der Waals surface area contributed by atoms with Crippen LogP contribution in [0.2, 0.25) is 0 Å². The molecule has 2 aromatic rings. The maximum Gasteiger partial charge on any atom is 0.230 e. The Morgan fingerprint density at radius 1 is 0.900 bits per heavy atom. The highest BCUT2D eigenvalue weighted by Crippen LogP contribution is 2.31. The van der Waals surface area contributed by atoms with Crippen LogP contribution in [0.25, 0.3) is 0 Å². The van der Waals surface area contributed by atoms with Gasteiger partial charge in [-0.25, -0.2) is 4.39 Å². The van der Waals surface area contributed by atoms with Crippen LogP contribution in [0.5, 0.6) is 0 Å². The lowest BCUT2D eigenvalue weighted by Crippen LogP contribution is -2.45. The van der Waals surface area contributed by atoms with Crippen molar-refractivity contribution in [2.45, 2.75) is 58.4 Å². The van der Waals surface area contributed by atoms with E-state index in [4.69, 9.17) is 9.47 Å². The largest absolute Gasteiger partial charge is 0.381 e. The minimum atomic E-state index is -0.267. The first-order chi connectivity index (χ1) is 19.3. The minimum Gasteiger partial charge on any atom is -0.381 e. The van der Waals surface area contributed by atoms with E-state index in [2.05, 4.69) is 49.9 Å². The van der Waals surface area contributed by atoms with Crippen LogP contribution in [-0.4, -0.2) is 70.0 Å². The Bertz CT molecular complexity index is 1110. The summed E-state index contributed by atoms with van der Waals surface area (Å²) in [6.07, 6.45) is 3.53. The van der Waals surface area contributed by atoms with Crippen molar-refractivity contribution in [2.24, 2.45) is 11.8 Å². The molecule has 3 aliphatic rings. The minimum absolute atomic E-state index is 0.0404. The van der Waals surface area contributed by atoms with Gasteiger partial charge in [0.15, 0.2) is 0 Å². The second-order valence-electron chi connectivity index (χ2n) is 12.7. The van der Waals surface area contributed by atoms with E-state index in [1.807, 2.05) is 21.9 Å². The molecule has 0 N–H and O–H groups in total. The van der Waals surface area contributed by atoms with Gasteiger partial charge < -0.3 is 19.3 Å². The average molecular weight is 552 g/mol. The third-order valence-electron chi connectivity index (χ3n) is 8.81. The number of piperidine rings is 1. The lowest BCUT2D eigenvalue weighted by atomic mass is 9.86. The highest BCUT2D eigenvalue weighted by molar-refractivity contribution is 5.95. The van der Waals surface area contributed by atoms with Crippen molar-refractivity contribution in [3.8, 4) is 0 Å². The quantitative estimate of drug-likeness (QED) is 0.446. The fourth-order valence-corrected chi connectivity index (χ4v) is 6.16. The highest BCUT2D eigenvalue weighted by atomic mass is 19.1. The van der Waals surface area contributed by atoms with Gasteiger partial charge in [0.2, 0.25) is 5.91 Å². The first kappa shape index (κ1) is 29.0. The Balaban J connectivity index is 1.25. The van der Waals surface area contributed by atoms with Crippen molar-refractivity contribution >= 4 is 17.3 Å². The summed E-state index contributed by atoms with van der Waals surface area (Å²) in [6.45, 7) is 14.1. The molecule has 0 unspecified atom stereocenters. The van der Waals surface area contributed by atoms with Crippen LogP contribution >= 0.6 is 0 Å². The first-order valence-corrected chi connectivity index (χ1v) is 15.1. The molecule has 0 spiro atoms. The summed E-state index contributed by atoms with van der Waals surface area (Å²) >= 11 is 0. The van der Waals surface area contributed by atoms with Gasteiger partial charge in [-0.05, 0) is 79.4 Å². The Hall–Kier alpha value is -2.48. The summed E-state index contributed by atoms with van der Waals surface area (Å²) in [4.78, 5) is 20.4. The molecule has 0 radical (unpaired) electrons. The van der Waals surface area contributed by atoms with E-state index >= 15 is 4.39 Å². The number of rotatable bonds is 7. The van der Waals surface area contributed by atoms with Gasteiger partial charge >= 0.3 is 0 Å². The Morgan fingerprint density at radius 3 is 2.17 bits per heavy atom. The zero-order chi connectivity index (χ0) is 28.1. The molecule has 2 aromatic carbocycles. The van der Waals surface area contributed by atoms with Crippen LogP contribution in [0, 0.1) is 17.7 Å². The summed E-state index contributed by atoms with van der Waals surface area (Å²) in [5.41, 5.74) is 4.08. The lowest BCUT2D eigenvalue weighted by molar-refractivity contribution is -0.124. The summed E-state index contributed by atoms with van der Waals surface area (Å²) in [7, 11) is 0. The zero-order valence-corrected chi connectivity index (χ0v) is 24.5. The number of hydrogen-bond acceptors (Lipinski definition) is 5. The zero-order valence-electron chi connectivity index (χ0n) is 24.5. The van der Waals surface area contributed by atoms with Gasteiger partial charge in [-0.15, -0.1) is 0 Å². The van der Waals surface area contributed by atoms with Crippen LogP contribution in [0.15, 0.2) is 42.5 Å². The smallest absolute Gasteiger partial charge is 0.230 e. The molecule has 5 rings (SSSR count). The maximum absolute atomic E-state index is 15.4. The maximum atomic E-state index is 15.4. The number of amides is 1. The fraction of sp³-hybridized carbons (Fsp3) is 0.606. The summed E-state index contributed by atoms with van der Waals surface area (Å²) in [5.74, 6) is 0.202. The fourth-order valence-electron chi connectivity index (χ4n) is 6.16. The number of carbonyl (C=O) groups is 1. The SMILES string of the molecule is CC(C)(C)c1ccc(CN2CCC(C(=O)N(CC3CCOCC3)c3ccc(N4CCOCC4)c(F)c3)CC2)cc1. The molecule has 40 heavy (non-hydrogen) atoms. The lowest BCUT2D eigenvalue weighted by Gasteiger charge is -2.36. The molecular formula is C33H46FN3O3.